The second kappa shape index (κ2) is 3.67. The van der Waals surface area contributed by atoms with Crippen LogP contribution in [0.4, 0.5) is 0 Å². The van der Waals surface area contributed by atoms with Crippen molar-refractivity contribution in [1.82, 2.24) is 0 Å². The van der Waals surface area contributed by atoms with Crippen LogP contribution >= 0.6 is 0 Å². The quantitative estimate of drug-likeness (QED) is 0.615. The maximum atomic E-state index is 11.3. The van der Waals surface area contributed by atoms with Crippen LogP contribution in [0.5, 0.6) is 0 Å². The maximum Gasteiger partial charge on any atom is 0.362 e. The summed E-state index contributed by atoms with van der Waals surface area (Å²) in [4.78, 5) is 21.6. The minimum Gasteiger partial charge on any atom is -0.477 e. The van der Waals surface area contributed by atoms with E-state index in [-0.39, 0.29) is 12.2 Å². The minimum absolute atomic E-state index is 0.0127. The number of carbonyl (C=O) groups is 2. The van der Waals surface area contributed by atoms with Gasteiger partial charge in [-0.1, -0.05) is 20.8 Å². The van der Waals surface area contributed by atoms with E-state index in [0.29, 0.717) is 0 Å². The van der Waals surface area contributed by atoms with Crippen molar-refractivity contribution in [2.45, 2.75) is 33.2 Å². The molecule has 0 aromatic heterocycles. The Morgan fingerprint density at radius 3 is 2.08 bits per heavy atom. The first-order chi connectivity index (χ1) is 5.25. The highest BCUT2D eigenvalue weighted by atomic mass is 16.4. The molecule has 0 rings (SSSR count). The van der Waals surface area contributed by atoms with Gasteiger partial charge in [0.25, 0.3) is 0 Å². The number of quaternary nitrogens is 1. The molecule has 1 atom stereocenters. The number of rotatable bonds is 3. The van der Waals surface area contributed by atoms with Gasteiger partial charge >= 0.3 is 5.97 Å². The average Bonchev–Trinajstić information content (AvgIpc) is 1.85. The zero-order valence-corrected chi connectivity index (χ0v) is 7.76. The number of hydrogen-bond donors (Lipinski definition) is 2. The van der Waals surface area contributed by atoms with Gasteiger partial charge < -0.3 is 10.8 Å². The van der Waals surface area contributed by atoms with Gasteiger partial charge in [0.1, 0.15) is 5.78 Å². The summed E-state index contributed by atoms with van der Waals surface area (Å²) in [5, 5.41) is 8.48. The van der Waals surface area contributed by atoms with Crippen molar-refractivity contribution in [3.63, 3.8) is 0 Å². The highest BCUT2D eigenvalue weighted by Gasteiger charge is 2.27. The van der Waals surface area contributed by atoms with Crippen molar-refractivity contribution < 1.29 is 20.4 Å². The van der Waals surface area contributed by atoms with Crippen molar-refractivity contribution >= 4 is 11.8 Å². The lowest BCUT2D eigenvalue weighted by molar-refractivity contribution is -0.406. The molecule has 0 aromatic carbocycles. The topological polar surface area (TPSA) is 82.0 Å². The molecule has 0 amide bonds. The Bertz CT molecular complexity index is 193. The lowest BCUT2D eigenvalue weighted by atomic mass is 9.87. The van der Waals surface area contributed by atoms with Crippen LogP contribution in [0.15, 0.2) is 0 Å². The molecule has 0 fully saturated rings. The summed E-state index contributed by atoms with van der Waals surface area (Å²) in [6.45, 7) is 5.30. The smallest absolute Gasteiger partial charge is 0.362 e. The summed E-state index contributed by atoms with van der Waals surface area (Å²) < 4.78 is 0. The van der Waals surface area contributed by atoms with Gasteiger partial charge in [-0.2, -0.15) is 0 Å². The first-order valence-corrected chi connectivity index (χ1v) is 3.84. The second-order valence-corrected chi connectivity index (χ2v) is 3.91. The summed E-state index contributed by atoms with van der Waals surface area (Å²) in [6.07, 6.45) is 0.0127. The number of carboxylic acids is 1. The fraction of sp³-hybridized carbons (Fsp3) is 0.750. The Balaban J connectivity index is 4.11. The average molecular weight is 174 g/mol. The Kier molecular flexibility index (Phi) is 3.39. The molecule has 0 aliphatic heterocycles. The molecule has 0 aromatic rings. The molecule has 0 aliphatic rings. The molecule has 0 spiro atoms. The van der Waals surface area contributed by atoms with Crippen molar-refractivity contribution in [1.29, 1.82) is 0 Å². The Morgan fingerprint density at radius 2 is 1.83 bits per heavy atom. The number of ketones is 1. The number of carbonyl (C=O) groups excluding carboxylic acids is 1. The molecule has 0 aliphatic carbocycles. The van der Waals surface area contributed by atoms with E-state index in [0.717, 1.165) is 0 Å². The van der Waals surface area contributed by atoms with Gasteiger partial charge in [0.05, 0.1) is 6.42 Å². The molecular formula is C8H16NO3+. The number of hydrogen-bond acceptors (Lipinski definition) is 2. The number of aliphatic carboxylic acids is 1. The molecule has 0 unspecified atom stereocenters. The molecule has 0 saturated carbocycles. The molecule has 0 heterocycles. The fourth-order valence-electron chi connectivity index (χ4n) is 0.617. The molecule has 4 heteroatoms. The van der Waals surface area contributed by atoms with E-state index in [1.54, 1.807) is 20.8 Å². The molecular weight excluding hydrogens is 158 g/mol. The van der Waals surface area contributed by atoms with Crippen LogP contribution in [0, 0.1) is 5.41 Å². The van der Waals surface area contributed by atoms with Crippen LogP contribution in [0.2, 0.25) is 0 Å². The fourth-order valence-corrected chi connectivity index (χ4v) is 0.617. The molecule has 0 bridgehead atoms. The zero-order chi connectivity index (χ0) is 9.94. The second-order valence-electron chi connectivity index (χ2n) is 3.91. The predicted molar refractivity (Wildman–Crippen MR) is 43.4 cm³/mol. The third kappa shape index (κ3) is 3.48. The van der Waals surface area contributed by atoms with Gasteiger partial charge in [-0.05, 0) is 0 Å². The molecule has 4 nitrogen and oxygen atoms in total. The predicted octanol–water partition coefficient (Wildman–Crippen LogP) is -0.313. The van der Waals surface area contributed by atoms with E-state index in [4.69, 9.17) is 5.11 Å². The van der Waals surface area contributed by atoms with Gasteiger partial charge in [-0.15, -0.1) is 0 Å². The van der Waals surface area contributed by atoms with E-state index in [2.05, 4.69) is 5.73 Å². The maximum absolute atomic E-state index is 11.3. The minimum atomic E-state index is -1.02. The molecule has 4 N–H and O–H groups in total. The van der Waals surface area contributed by atoms with Gasteiger partial charge in [0, 0.05) is 5.41 Å². The van der Waals surface area contributed by atoms with Crippen molar-refractivity contribution in [3.8, 4) is 0 Å². The summed E-state index contributed by atoms with van der Waals surface area (Å²) in [5.41, 5.74) is 2.90. The Hall–Kier alpha value is -0.900. The lowest BCUT2D eigenvalue weighted by Gasteiger charge is -2.16. The summed E-state index contributed by atoms with van der Waals surface area (Å²) in [7, 11) is 0. The SMILES string of the molecule is CC(C)(C)C(=O)C[C@@H]([NH3+])C(=O)O. The van der Waals surface area contributed by atoms with E-state index in [9.17, 15) is 9.59 Å². The normalized spacial score (nSPS) is 14.0. The van der Waals surface area contributed by atoms with Crippen LogP contribution < -0.4 is 5.73 Å². The molecule has 0 radical (unpaired) electrons. The number of Topliss-reactive ketones (excluding diaryl/α,β-unsaturated/α-hetero) is 1. The molecule has 70 valence electrons. The first-order valence-electron chi connectivity index (χ1n) is 3.84. The summed E-state index contributed by atoms with van der Waals surface area (Å²) >= 11 is 0. The largest absolute Gasteiger partial charge is 0.477 e. The van der Waals surface area contributed by atoms with E-state index >= 15 is 0 Å². The van der Waals surface area contributed by atoms with E-state index in [1.807, 2.05) is 0 Å². The van der Waals surface area contributed by atoms with Crippen molar-refractivity contribution in [2.75, 3.05) is 0 Å². The van der Waals surface area contributed by atoms with Crippen LogP contribution in [-0.2, 0) is 9.59 Å². The van der Waals surface area contributed by atoms with Crippen LogP contribution in [-0.4, -0.2) is 22.9 Å². The first kappa shape index (κ1) is 11.1. The van der Waals surface area contributed by atoms with Crippen LogP contribution in [0.1, 0.15) is 27.2 Å². The third-order valence-corrected chi connectivity index (χ3v) is 1.62. The van der Waals surface area contributed by atoms with Gasteiger partial charge in [0.2, 0.25) is 0 Å². The summed E-state index contributed by atoms with van der Waals surface area (Å²) in [6, 6.07) is -0.822. The Labute approximate surface area is 71.8 Å². The molecule has 0 saturated heterocycles. The van der Waals surface area contributed by atoms with Gasteiger partial charge in [0.15, 0.2) is 6.04 Å². The highest BCUT2D eigenvalue weighted by molar-refractivity contribution is 5.88. The van der Waals surface area contributed by atoms with Crippen molar-refractivity contribution in [2.24, 2.45) is 5.41 Å². The lowest BCUT2D eigenvalue weighted by Crippen LogP contribution is -2.66. The van der Waals surface area contributed by atoms with Crippen LogP contribution in [0.25, 0.3) is 0 Å². The van der Waals surface area contributed by atoms with Gasteiger partial charge in [-0.25, -0.2) is 4.79 Å². The van der Waals surface area contributed by atoms with E-state index < -0.39 is 17.4 Å². The third-order valence-electron chi connectivity index (χ3n) is 1.62. The standard InChI is InChI=1S/C8H15NO3/c1-8(2,3)6(10)4-5(9)7(11)12/h5H,4,9H2,1-3H3,(H,11,12)/p+1/t5-/m1/s1. The van der Waals surface area contributed by atoms with Crippen LogP contribution in [0.3, 0.4) is 0 Å². The van der Waals surface area contributed by atoms with E-state index in [1.165, 1.54) is 0 Å². The van der Waals surface area contributed by atoms with Gasteiger partial charge in [-0.3, -0.25) is 4.79 Å². The highest BCUT2D eigenvalue weighted by Crippen LogP contribution is 2.16. The molecule has 12 heavy (non-hydrogen) atoms. The number of carboxylic acid groups (broad SMARTS) is 1. The monoisotopic (exact) mass is 174 g/mol. The summed E-state index contributed by atoms with van der Waals surface area (Å²) in [5.74, 6) is -1.09. The van der Waals surface area contributed by atoms with Crippen molar-refractivity contribution in [3.05, 3.63) is 0 Å². The Morgan fingerprint density at radius 1 is 1.42 bits per heavy atom. The zero-order valence-electron chi connectivity index (χ0n) is 7.76.